The van der Waals surface area contributed by atoms with Crippen LogP contribution in [0.2, 0.25) is 0 Å². The van der Waals surface area contributed by atoms with Crippen molar-refractivity contribution in [2.24, 2.45) is 0 Å². The van der Waals surface area contributed by atoms with Gasteiger partial charge in [-0.2, -0.15) is 0 Å². The number of carbonyl (C=O) groups excluding carboxylic acids is 2. The van der Waals surface area contributed by atoms with E-state index in [0.717, 1.165) is 27.4 Å². The number of nitrogens with one attached hydrogen (secondary N) is 1. The van der Waals surface area contributed by atoms with Gasteiger partial charge in [-0.15, -0.1) is 11.3 Å². The molecule has 0 atom stereocenters. The second-order valence-corrected chi connectivity index (χ2v) is 7.69. The van der Waals surface area contributed by atoms with E-state index in [2.05, 4.69) is 10.3 Å². The lowest BCUT2D eigenvalue weighted by Gasteiger charge is -2.03. The van der Waals surface area contributed by atoms with Crippen molar-refractivity contribution in [3.8, 4) is 17.0 Å². The van der Waals surface area contributed by atoms with E-state index in [1.807, 2.05) is 50.2 Å². The van der Waals surface area contributed by atoms with E-state index in [-0.39, 0.29) is 24.5 Å². The number of aryl methyl sites for hydroxylation is 2. The number of ether oxygens (including phenoxy) is 1. The molecule has 1 amide bonds. The summed E-state index contributed by atoms with van der Waals surface area (Å²) >= 11 is 1.42. The van der Waals surface area contributed by atoms with Crippen LogP contribution < -0.4 is 10.1 Å². The monoisotopic (exact) mass is 394 g/mol. The van der Waals surface area contributed by atoms with E-state index in [1.54, 1.807) is 19.2 Å². The number of benzene rings is 2. The molecule has 1 heterocycles. The summed E-state index contributed by atoms with van der Waals surface area (Å²) in [5.74, 6) is 0.531. The van der Waals surface area contributed by atoms with E-state index in [4.69, 9.17) is 4.74 Å². The predicted molar refractivity (Wildman–Crippen MR) is 112 cm³/mol. The fourth-order valence-electron chi connectivity index (χ4n) is 2.76. The molecule has 0 aliphatic rings. The van der Waals surface area contributed by atoms with Crippen molar-refractivity contribution in [1.29, 1.82) is 0 Å². The SMILES string of the molecule is COc1ccc(-c2nc(NC(=O)CCC(=O)c3ccc(C)cc3)sc2C)cc1. The van der Waals surface area contributed by atoms with Crippen molar-refractivity contribution >= 4 is 28.2 Å². The van der Waals surface area contributed by atoms with E-state index >= 15 is 0 Å². The molecular formula is C22H22N2O3S. The van der Waals surface area contributed by atoms with Gasteiger partial charge in [0.25, 0.3) is 0 Å². The molecule has 6 heteroatoms. The first-order chi connectivity index (χ1) is 13.5. The predicted octanol–water partition coefficient (Wildman–Crippen LogP) is 5.04. The second kappa shape index (κ2) is 8.80. The number of aromatic nitrogens is 1. The fourth-order valence-corrected chi connectivity index (χ4v) is 3.61. The Hall–Kier alpha value is -2.99. The van der Waals surface area contributed by atoms with Gasteiger partial charge in [0.05, 0.1) is 12.8 Å². The molecule has 2 aromatic carbocycles. The van der Waals surface area contributed by atoms with Crippen LogP contribution in [0.3, 0.4) is 0 Å². The maximum Gasteiger partial charge on any atom is 0.226 e. The van der Waals surface area contributed by atoms with Gasteiger partial charge >= 0.3 is 0 Å². The maximum absolute atomic E-state index is 12.2. The standard InChI is InChI=1S/C22H22N2O3S/c1-14-4-6-16(7-5-14)19(25)12-13-20(26)23-22-24-21(15(2)28-22)17-8-10-18(27-3)11-9-17/h4-11H,12-13H2,1-3H3,(H,23,24,26). The molecule has 144 valence electrons. The molecule has 0 saturated heterocycles. The molecule has 28 heavy (non-hydrogen) atoms. The normalized spacial score (nSPS) is 10.5. The van der Waals surface area contributed by atoms with Gasteiger partial charge in [-0.05, 0) is 38.1 Å². The second-order valence-electron chi connectivity index (χ2n) is 6.49. The lowest BCUT2D eigenvalue weighted by molar-refractivity contribution is -0.116. The van der Waals surface area contributed by atoms with Crippen LogP contribution in [0, 0.1) is 13.8 Å². The van der Waals surface area contributed by atoms with Crippen molar-refractivity contribution in [3.05, 3.63) is 64.5 Å². The number of ketones is 1. The van der Waals surface area contributed by atoms with Crippen LogP contribution in [0.25, 0.3) is 11.3 Å². The summed E-state index contributed by atoms with van der Waals surface area (Å²) in [6.07, 6.45) is 0.299. The third-order valence-corrected chi connectivity index (χ3v) is 5.25. The molecule has 0 aliphatic heterocycles. The highest BCUT2D eigenvalue weighted by atomic mass is 32.1. The number of hydrogen-bond donors (Lipinski definition) is 1. The quantitative estimate of drug-likeness (QED) is 0.570. The summed E-state index contributed by atoms with van der Waals surface area (Å²) in [5, 5.41) is 3.34. The third-order valence-electron chi connectivity index (χ3n) is 4.36. The fraction of sp³-hybridized carbons (Fsp3) is 0.227. The maximum atomic E-state index is 12.2. The van der Waals surface area contributed by atoms with Gasteiger partial charge in [0.1, 0.15) is 5.75 Å². The van der Waals surface area contributed by atoms with Gasteiger partial charge in [0.15, 0.2) is 10.9 Å². The Morgan fingerprint density at radius 2 is 1.68 bits per heavy atom. The zero-order valence-corrected chi connectivity index (χ0v) is 16.9. The first-order valence-corrected chi connectivity index (χ1v) is 9.79. The van der Waals surface area contributed by atoms with E-state index in [1.165, 1.54) is 11.3 Å². The molecule has 1 N–H and O–H groups in total. The third kappa shape index (κ3) is 4.84. The summed E-state index contributed by atoms with van der Waals surface area (Å²) in [6.45, 7) is 3.94. The van der Waals surface area contributed by atoms with Crippen LogP contribution in [0.4, 0.5) is 5.13 Å². The summed E-state index contributed by atoms with van der Waals surface area (Å²) < 4.78 is 5.17. The van der Waals surface area contributed by atoms with Gasteiger partial charge in [-0.1, -0.05) is 29.8 Å². The molecule has 0 spiro atoms. The molecule has 0 fully saturated rings. The van der Waals surface area contributed by atoms with Gasteiger partial charge in [0.2, 0.25) is 5.91 Å². The van der Waals surface area contributed by atoms with Gasteiger partial charge in [-0.3, -0.25) is 9.59 Å². The molecule has 0 radical (unpaired) electrons. The highest BCUT2D eigenvalue weighted by Crippen LogP contribution is 2.31. The lowest BCUT2D eigenvalue weighted by Crippen LogP contribution is -2.13. The minimum Gasteiger partial charge on any atom is -0.497 e. The average Bonchev–Trinajstić information content (AvgIpc) is 3.06. The van der Waals surface area contributed by atoms with Crippen LogP contribution in [-0.4, -0.2) is 23.8 Å². The zero-order valence-electron chi connectivity index (χ0n) is 16.1. The largest absolute Gasteiger partial charge is 0.497 e. The minimum absolute atomic E-state index is 0.0376. The Balaban J connectivity index is 1.59. The molecule has 0 bridgehead atoms. The molecular weight excluding hydrogens is 372 g/mol. The summed E-state index contributed by atoms with van der Waals surface area (Å²) in [5.41, 5.74) is 3.52. The van der Waals surface area contributed by atoms with Gasteiger partial charge in [0, 0.05) is 28.8 Å². The smallest absolute Gasteiger partial charge is 0.226 e. The van der Waals surface area contributed by atoms with Crippen LogP contribution in [-0.2, 0) is 4.79 Å². The van der Waals surface area contributed by atoms with Crippen molar-refractivity contribution in [1.82, 2.24) is 4.98 Å². The van der Waals surface area contributed by atoms with Crippen LogP contribution in [0.15, 0.2) is 48.5 Å². The Labute approximate surface area is 168 Å². The van der Waals surface area contributed by atoms with Crippen LogP contribution in [0.1, 0.15) is 33.6 Å². The minimum atomic E-state index is -0.213. The number of carbonyl (C=O) groups is 2. The number of nitrogens with zero attached hydrogens (tertiary/aromatic N) is 1. The number of anilines is 1. The molecule has 3 rings (SSSR count). The Bertz CT molecular complexity index is 976. The Morgan fingerprint density at radius 1 is 1.00 bits per heavy atom. The number of Topliss-reactive ketones (excluding diaryl/α,β-unsaturated/α-hetero) is 1. The molecule has 5 nitrogen and oxygen atoms in total. The number of thiazole rings is 1. The first-order valence-electron chi connectivity index (χ1n) is 8.98. The van der Waals surface area contributed by atoms with Crippen molar-refractivity contribution in [2.75, 3.05) is 12.4 Å². The molecule has 0 aliphatic carbocycles. The lowest BCUT2D eigenvalue weighted by atomic mass is 10.1. The highest BCUT2D eigenvalue weighted by molar-refractivity contribution is 7.16. The Morgan fingerprint density at radius 3 is 2.32 bits per heavy atom. The van der Waals surface area contributed by atoms with Crippen molar-refractivity contribution < 1.29 is 14.3 Å². The number of rotatable bonds is 7. The van der Waals surface area contributed by atoms with E-state index in [9.17, 15) is 9.59 Å². The average molecular weight is 394 g/mol. The number of hydrogen-bond acceptors (Lipinski definition) is 5. The molecule has 3 aromatic rings. The van der Waals surface area contributed by atoms with Crippen LogP contribution in [0.5, 0.6) is 5.75 Å². The van der Waals surface area contributed by atoms with E-state index < -0.39 is 0 Å². The number of amides is 1. The van der Waals surface area contributed by atoms with Gasteiger partial charge < -0.3 is 10.1 Å². The summed E-state index contributed by atoms with van der Waals surface area (Å²) in [7, 11) is 1.63. The topological polar surface area (TPSA) is 68.3 Å². The van der Waals surface area contributed by atoms with Crippen LogP contribution >= 0.6 is 11.3 Å². The Kier molecular flexibility index (Phi) is 6.21. The van der Waals surface area contributed by atoms with Crippen molar-refractivity contribution in [2.45, 2.75) is 26.7 Å². The molecule has 1 aromatic heterocycles. The first kappa shape index (κ1) is 19.8. The number of methoxy groups -OCH3 is 1. The van der Waals surface area contributed by atoms with Gasteiger partial charge in [-0.25, -0.2) is 4.98 Å². The highest BCUT2D eigenvalue weighted by Gasteiger charge is 2.14. The summed E-state index contributed by atoms with van der Waals surface area (Å²) in [6, 6.07) is 15.0. The molecule has 0 unspecified atom stereocenters. The summed E-state index contributed by atoms with van der Waals surface area (Å²) in [4.78, 5) is 30.0. The van der Waals surface area contributed by atoms with Crippen molar-refractivity contribution in [3.63, 3.8) is 0 Å². The van der Waals surface area contributed by atoms with E-state index in [0.29, 0.717) is 10.7 Å². The zero-order chi connectivity index (χ0) is 20.1. The molecule has 0 saturated carbocycles.